The van der Waals surface area contributed by atoms with E-state index in [9.17, 15) is 9.59 Å². The van der Waals surface area contributed by atoms with Crippen molar-refractivity contribution in [3.05, 3.63) is 59.6 Å². The van der Waals surface area contributed by atoms with Crippen molar-refractivity contribution in [2.75, 3.05) is 38.9 Å². The van der Waals surface area contributed by atoms with E-state index in [-0.39, 0.29) is 6.79 Å². The van der Waals surface area contributed by atoms with Crippen molar-refractivity contribution in [3.63, 3.8) is 0 Å². The number of anilines is 2. The van der Waals surface area contributed by atoms with Crippen LogP contribution in [0.1, 0.15) is 6.42 Å². The van der Waals surface area contributed by atoms with Crippen LogP contribution >= 0.6 is 11.6 Å². The molecule has 2 N–H and O–H groups in total. The Hall–Kier alpha value is -3.23. The van der Waals surface area contributed by atoms with Crippen LogP contribution in [-0.4, -0.2) is 61.0 Å². The van der Waals surface area contributed by atoms with Gasteiger partial charge in [-0.1, -0.05) is 23.7 Å². The Morgan fingerprint density at radius 2 is 1.65 bits per heavy atom. The lowest BCUT2D eigenvalue weighted by Gasteiger charge is -2.31. The van der Waals surface area contributed by atoms with Gasteiger partial charge in [-0.2, -0.15) is 0 Å². The lowest BCUT2D eigenvalue weighted by Crippen LogP contribution is -2.26. The molecule has 0 radical (unpaired) electrons. The number of hydrogen-bond acceptors (Lipinski definition) is 6. The van der Waals surface area contributed by atoms with E-state index in [0.717, 1.165) is 42.4 Å². The molecule has 0 spiro atoms. The summed E-state index contributed by atoms with van der Waals surface area (Å²) in [6.45, 7) is 2.06. The van der Waals surface area contributed by atoms with Crippen LogP contribution in [0, 0.1) is 0 Å². The maximum absolute atomic E-state index is 9.55. The number of nitrogens with zero attached hydrogens (tertiary/aromatic N) is 2. The molecule has 2 aromatic rings. The first-order chi connectivity index (χ1) is 14.8. The molecule has 0 fully saturated rings. The van der Waals surface area contributed by atoms with E-state index >= 15 is 0 Å². The third-order valence-electron chi connectivity index (χ3n) is 4.15. The van der Waals surface area contributed by atoms with Crippen LogP contribution in [0.25, 0.3) is 0 Å². The van der Waals surface area contributed by atoms with Gasteiger partial charge in [0.05, 0.1) is 11.4 Å². The van der Waals surface area contributed by atoms with Gasteiger partial charge in [-0.25, -0.2) is 9.59 Å². The van der Waals surface area contributed by atoms with Crippen LogP contribution < -0.4 is 14.4 Å². The van der Waals surface area contributed by atoms with Gasteiger partial charge in [-0.15, -0.1) is 0 Å². The molecule has 3 rings (SSSR count). The topological polar surface area (TPSA) is 99.5 Å². The third kappa shape index (κ3) is 7.84. The summed E-state index contributed by atoms with van der Waals surface area (Å²) in [6, 6.07) is 13.7. The molecule has 0 aliphatic carbocycles. The van der Waals surface area contributed by atoms with Gasteiger partial charge in [0.1, 0.15) is 11.5 Å². The number of para-hydroxylation sites is 2. The summed E-state index contributed by atoms with van der Waals surface area (Å²) in [5.41, 5.74) is 2.02. The average Bonchev–Trinajstić information content (AvgIpc) is 2.70. The highest BCUT2D eigenvalue weighted by Gasteiger charge is 2.21. The fourth-order valence-electron chi connectivity index (χ4n) is 2.84. The molecule has 166 valence electrons. The smallest absolute Gasteiger partial charge is 0.328 e. The maximum Gasteiger partial charge on any atom is 0.328 e. The van der Waals surface area contributed by atoms with E-state index in [1.165, 1.54) is 0 Å². The van der Waals surface area contributed by atoms with E-state index in [0.29, 0.717) is 17.2 Å². The summed E-state index contributed by atoms with van der Waals surface area (Å²) in [4.78, 5) is 23.5. The number of aliphatic carboxylic acids is 2. The second-order valence-electron chi connectivity index (χ2n) is 6.80. The molecule has 0 amide bonds. The molecule has 1 aliphatic rings. The molecular formula is C22H25ClN2O6. The van der Waals surface area contributed by atoms with Crippen molar-refractivity contribution < 1.29 is 29.3 Å². The van der Waals surface area contributed by atoms with Crippen molar-refractivity contribution in [1.29, 1.82) is 0 Å². The minimum absolute atomic E-state index is 0.192. The van der Waals surface area contributed by atoms with Gasteiger partial charge in [0.25, 0.3) is 0 Å². The Morgan fingerprint density at radius 3 is 2.26 bits per heavy atom. The Bertz CT molecular complexity index is 916. The van der Waals surface area contributed by atoms with Crippen LogP contribution in [0.4, 0.5) is 11.4 Å². The van der Waals surface area contributed by atoms with Gasteiger partial charge in [0.2, 0.25) is 6.79 Å². The largest absolute Gasteiger partial charge is 0.478 e. The molecule has 31 heavy (non-hydrogen) atoms. The molecule has 0 atom stereocenters. The zero-order valence-corrected chi connectivity index (χ0v) is 18.1. The summed E-state index contributed by atoms with van der Waals surface area (Å²) in [5.74, 6) is -0.906. The Kier molecular flexibility index (Phi) is 9.17. The van der Waals surface area contributed by atoms with Gasteiger partial charge >= 0.3 is 11.9 Å². The van der Waals surface area contributed by atoms with Crippen molar-refractivity contribution in [3.8, 4) is 11.5 Å². The lowest BCUT2D eigenvalue weighted by molar-refractivity contribution is -0.134. The Morgan fingerprint density at radius 1 is 1.03 bits per heavy atom. The van der Waals surface area contributed by atoms with Gasteiger partial charge in [-0.05, 0) is 57.4 Å². The summed E-state index contributed by atoms with van der Waals surface area (Å²) >= 11 is 6.23. The number of carboxylic acid groups (broad SMARTS) is 2. The molecule has 0 unspecified atom stereocenters. The van der Waals surface area contributed by atoms with Gasteiger partial charge in [-0.3, -0.25) is 0 Å². The summed E-state index contributed by atoms with van der Waals surface area (Å²) in [5, 5.41) is 16.3. The first-order valence-corrected chi connectivity index (χ1v) is 9.86. The summed E-state index contributed by atoms with van der Waals surface area (Å²) in [6.07, 6.45) is 2.14. The highest BCUT2D eigenvalue weighted by Crippen LogP contribution is 2.41. The van der Waals surface area contributed by atoms with Gasteiger partial charge in [0.15, 0.2) is 0 Å². The average molecular weight is 449 g/mol. The van der Waals surface area contributed by atoms with Crippen LogP contribution in [0.2, 0.25) is 5.02 Å². The summed E-state index contributed by atoms with van der Waals surface area (Å²) < 4.78 is 11.5. The molecule has 2 aromatic carbocycles. The lowest BCUT2D eigenvalue weighted by atomic mass is 10.2. The predicted octanol–water partition coefficient (Wildman–Crippen LogP) is 3.87. The SMILES string of the molecule is CN(C)CCCN1c2ccccc2OCOc2ccc(Cl)cc21.O=C(O)/C=C\C(=O)O. The number of halogens is 1. The molecular weight excluding hydrogens is 424 g/mol. The number of carbonyl (C=O) groups is 2. The number of ether oxygens (including phenoxy) is 2. The quantitative estimate of drug-likeness (QED) is 0.642. The fourth-order valence-corrected chi connectivity index (χ4v) is 3.01. The highest BCUT2D eigenvalue weighted by atomic mass is 35.5. The van der Waals surface area contributed by atoms with Crippen molar-refractivity contribution in [2.24, 2.45) is 0 Å². The normalized spacial score (nSPS) is 12.5. The van der Waals surface area contributed by atoms with Crippen molar-refractivity contribution >= 4 is 34.9 Å². The number of rotatable bonds is 6. The molecule has 0 bridgehead atoms. The Balaban J connectivity index is 0.000000366. The van der Waals surface area contributed by atoms with Crippen LogP contribution in [0.5, 0.6) is 11.5 Å². The zero-order valence-electron chi connectivity index (χ0n) is 17.3. The third-order valence-corrected chi connectivity index (χ3v) is 4.39. The van der Waals surface area contributed by atoms with Crippen LogP contribution in [0.15, 0.2) is 54.6 Å². The van der Waals surface area contributed by atoms with Crippen LogP contribution in [-0.2, 0) is 9.59 Å². The van der Waals surface area contributed by atoms with E-state index in [2.05, 4.69) is 30.0 Å². The molecule has 8 nitrogen and oxygen atoms in total. The number of benzene rings is 2. The van der Waals surface area contributed by atoms with Crippen LogP contribution in [0.3, 0.4) is 0 Å². The molecule has 1 heterocycles. The zero-order chi connectivity index (χ0) is 22.8. The Labute approximate surface area is 185 Å². The number of hydrogen-bond donors (Lipinski definition) is 2. The van der Waals surface area contributed by atoms with E-state index < -0.39 is 11.9 Å². The minimum Gasteiger partial charge on any atom is -0.478 e. The van der Waals surface area contributed by atoms with Crippen molar-refractivity contribution in [2.45, 2.75) is 6.42 Å². The van der Waals surface area contributed by atoms with E-state index in [1.807, 2.05) is 36.4 Å². The van der Waals surface area contributed by atoms with Gasteiger partial charge in [0, 0.05) is 23.7 Å². The first kappa shape index (κ1) is 24.0. The molecule has 0 saturated carbocycles. The molecule has 1 aliphatic heterocycles. The standard InChI is InChI=1S/C18H21ClN2O2.C4H4O4/c1-20(2)10-5-11-21-15-6-3-4-7-17(15)22-13-23-18-9-8-14(19)12-16(18)21;5-3(6)1-2-4(7)8/h3-4,6-9,12H,5,10-11,13H2,1-2H3;1-2H,(H,5,6)(H,7,8)/b;2-1-. The monoisotopic (exact) mass is 448 g/mol. The number of carboxylic acids is 2. The van der Waals surface area contributed by atoms with E-state index in [4.69, 9.17) is 31.3 Å². The fraction of sp³-hybridized carbons (Fsp3) is 0.273. The van der Waals surface area contributed by atoms with Crippen molar-refractivity contribution in [1.82, 2.24) is 4.90 Å². The molecule has 9 heteroatoms. The highest BCUT2D eigenvalue weighted by molar-refractivity contribution is 6.31. The molecule has 0 saturated heterocycles. The minimum atomic E-state index is -1.26. The summed E-state index contributed by atoms with van der Waals surface area (Å²) in [7, 11) is 4.16. The first-order valence-electron chi connectivity index (χ1n) is 9.48. The number of fused-ring (bicyclic) bond motifs is 2. The maximum atomic E-state index is 9.55. The second-order valence-corrected chi connectivity index (χ2v) is 7.24. The second kappa shape index (κ2) is 11.8. The van der Waals surface area contributed by atoms with Gasteiger partial charge < -0.3 is 29.5 Å². The molecule has 0 aromatic heterocycles. The van der Waals surface area contributed by atoms with E-state index in [1.54, 1.807) is 0 Å². The predicted molar refractivity (Wildman–Crippen MR) is 119 cm³/mol.